The van der Waals surface area contributed by atoms with Crippen LogP contribution >= 0.6 is 0 Å². The van der Waals surface area contributed by atoms with Crippen molar-refractivity contribution < 1.29 is 14.4 Å². The van der Waals surface area contributed by atoms with Crippen LogP contribution in [-0.2, 0) is 14.4 Å². The molecule has 0 saturated carbocycles. The van der Waals surface area contributed by atoms with Crippen LogP contribution in [0.1, 0.15) is 25.7 Å². The quantitative estimate of drug-likeness (QED) is 0.541. The molecular formula is C10H14N4O3. The van der Waals surface area contributed by atoms with Gasteiger partial charge in [-0.25, -0.2) is 0 Å². The highest BCUT2D eigenvalue weighted by atomic mass is 16.2. The lowest BCUT2D eigenvalue weighted by Crippen LogP contribution is -2.50. The summed E-state index contributed by atoms with van der Waals surface area (Å²) in [4.78, 5) is 33.6. The van der Waals surface area contributed by atoms with Crippen molar-refractivity contribution in [2.75, 3.05) is 0 Å². The molecular weight excluding hydrogens is 224 g/mol. The lowest BCUT2D eigenvalue weighted by atomic mass is 10.1. The number of primary amides is 1. The first-order chi connectivity index (χ1) is 8.04. The first-order valence-corrected chi connectivity index (χ1v) is 5.30. The van der Waals surface area contributed by atoms with E-state index in [2.05, 4.69) is 10.6 Å². The minimum atomic E-state index is -0.861. The summed E-state index contributed by atoms with van der Waals surface area (Å²) in [5, 5.41) is 13.3. The van der Waals surface area contributed by atoms with Crippen molar-refractivity contribution in [3.8, 4) is 6.07 Å². The third-order valence-electron chi connectivity index (χ3n) is 2.52. The van der Waals surface area contributed by atoms with Gasteiger partial charge in [0.25, 0.3) is 0 Å². The molecule has 1 aliphatic rings. The first kappa shape index (κ1) is 13.0. The van der Waals surface area contributed by atoms with E-state index in [1.165, 1.54) is 0 Å². The summed E-state index contributed by atoms with van der Waals surface area (Å²) in [6.45, 7) is 0. The lowest BCUT2D eigenvalue weighted by Gasteiger charge is -2.17. The number of nitrogens with one attached hydrogen (secondary N) is 2. The molecule has 0 unspecified atom stereocenters. The van der Waals surface area contributed by atoms with Gasteiger partial charge in [0.15, 0.2) is 0 Å². The fourth-order valence-corrected chi connectivity index (χ4v) is 1.58. The first-order valence-electron chi connectivity index (χ1n) is 5.30. The van der Waals surface area contributed by atoms with E-state index in [1.807, 2.05) is 6.07 Å². The minimum absolute atomic E-state index is 0.130. The predicted octanol–water partition coefficient (Wildman–Crippen LogP) is -1.46. The third kappa shape index (κ3) is 3.75. The van der Waals surface area contributed by atoms with E-state index in [1.54, 1.807) is 0 Å². The maximum absolute atomic E-state index is 11.7. The van der Waals surface area contributed by atoms with Gasteiger partial charge in [-0.2, -0.15) is 5.26 Å². The van der Waals surface area contributed by atoms with E-state index in [0.29, 0.717) is 12.8 Å². The molecule has 1 saturated heterocycles. The maximum Gasteiger partial charge on any atom is 0.243 e. The van der Waals surface area contributed by atoms with Gasteiger partial charge in [-0.1, -0.05) is 0 Å². The smallest absolute Gasteiger partial charge is 0.243 e. The van der Waals surface area contributed by atoms with Gasteiger partial charge in [-0.15, -0.1) is 0 Å². The third-order valence-corrected chi connectivity index (χ3v) is 2.52. The average Bonchev–Trinajstić information content (AvgIpc) is 2.70. The Labute approximate surface area is 98.3 Å². The van der Waals surface area contributed by atoms with Gasteiger partial charge in [0.05, 0.1) is 6.07 Å². The molecule has 2 atom stereocenters. The van der Waals surface area contributed by atoms with Gasteiger partial charge in [-0.05, 0) is 12.8 Å². The predicted molar refractivity (Wildman–Crippen MR) is 57.1 cm³/mol. The molecule has 1 aliphatic heterocycles. The zero-order valence-electron chi connectivity index (χ0n) is 9.23. The van der Waals surface area contributed by atoms with Crippen molar-refractivity contribution >= 4 is 17.7 Å². The molecule has 1 fully saturated rings. The van der Waals surface area contributed by atoms with Crippen molar-refractivity contribution in [1.29, 1.82) is 5.26 Å². The zero-order chi connectivity index (χ0) is 12.8. The molecule has 0 spiro atoms. The molecule has 3 amide bonds. The summed E-state index contributed by atoms with van der Waals surface area (Å²) in [6.07, 6.45) is 1.02. The average molecular weight is 238 g/mol. The Morgan fingerprint density at radius 2 is 2.35 bits per heavy atom. The Morgan fingerprint density at radius 1 is 1.65 bits per heavy atom. The number of nitrogens with zero attached hydrogens (tertiary/aromatic N) is 1. The maximum atomic E-state index is 11.7. The highest BCUT2D eigenvalue weighted by Crippen LogP contribution is 2.07. The van der Waals surface area contributed by atoms with Crippen molar-refractivity contribution in [3.63, 3.8) is 0 Å². The highest BCUT2D eigenvalue weighted by Gasteiger charge is 2.29. The van der Waals surface area contributed by atoms with E-state index in [4.69, 9.17) is 11.0 Å². The standard InChI is InChI=1S/C10H14N4O3/c11-5-1-2-6(9(12)16)14-10(17)7-3-4-8(15)13-7/h6-7H,1-4H2,(H2,12,16)(H,13,15)(H,14,17)/t6-,7+/m1/s1. The van der Waals surface area contributed by atoms with Crippen LogP contribution < -0.4 is 16.4 Å². The number of hydrogen-bond donors (Lipinski definition) is 3. The van der Waals surface area contributed by atoms with E-state index in [-0.39, 0.29) is 18.7 Å². The Bertz CT molecular complexity index is 374. The molecule has 0 aromatic rings. The fourth-order valence-electron chi connectivity index (χ4n) is 1.58. The molecule has 0 aromatic heterocycles. The second kappa shape index (κ2) is 5.84. The zero-order valence-corrected chi connectivity index (χ0v) is 9.23. The van der Waals surface area contributed by atoms with E-state index in [9.17, 15) is 14.4 Å². The van der Waals surface area contributed by atoms with E-state index >= 15 is 0 Å². The molecule has 0 aliphatic carbocycles. The summed E-state index contributed by atoms with van der Waals surface area (Å²) >= 11 is 0. The summed E-state index contributed by atoms with van der Waals surface area (Å²) in [7, 11) is 0. The van der Waals surface area contributed by atoms with E-state index in [0.717, 1.165) is 0 Å². The Hall–Kier alpha value is -2.10. The number of rotatable bonds is 5. The summed E-state index contributed by atoms with van der Waals surface area (Å²) in [5.74, 6) is -1.30. The second-order valence-electron chi connectivity index (χ2n) is 3.82. The van der Waals surface area contributed by atoms with Crippen LogP contribution in [0.5, 0.6) is 0 Å². The van der Waals surface area contributed by atoms with Crippen molar-refractivity contribution in [2.24, 2.45) is 5.73 Å². The number of amides is 3. The van der Waals surface area contributed by atoms with Gasteiger partial charge in [0, 0.05) is 12.8 Å². The van der Waals surface area contributed by atoms with Gasteiger partial charge < -0.3 is 16.4 Å². The van der Waals surface area contributed by atoms with E-state index < -0.39 is 23.9 Å². The summed E-state index contributed by atoms with van der Waals surface area (Å²) in [6, 6.07) is 0.407. The molecule has 4 N–H and O–H groups in total. The minimum Gasteiger partial charge on any atom is -0.368 e. The van der Waals surface area contributed by atoms with Crippen molar-refractivity contribution in [1.82, 2.24) is 10.6 Å². The van der Waals surface area contributed by atoms with Crippen molar-refractivity contribution in [3.05, 3.63) is 0 Å². The van der Waals surface area contributed by atoms with Crippen LogP contribution in [0.25, 0.3) is 0 Å². The fraction of sp³-hybridized carbons (Fsp3) is 0.600. The van der Waals surface area contributed by atoms with Crippen LogP contribution in [0.4, 0.5) is 0 Å². The molecule has 0 radical (unpaired) electrons. The van der Waals surface area contributed by atoms with Crippen LogP contribution in [0.2, 0.25) is 0 Å². The Balaban J connectivity index is 2.49. The molecule has 17 heavy (non-hydrogen) atoms. The van der Waals surface area contributed by atoms with Gasteiger partial charge in [-0.3, -0.25) is 14.4 Å². The topological polar surface area (TPSA) is 125 Å². The van der Waals surface area contributed by atoms with Crippen LogP contribution in [0.3, 0.4) is 0 Å². The largest absolute Gasteiger partial charge is 0.368 e. The molecule has 1 heterocycles. The monoisotopic (exact) mass is 238 g/mol. The molecule has 0 aromatic carbocycles. The van der Waals surface area contributed by atoms with Gasteiger partial charge >= 0.3 is 0 Å². The molecule has 0 bridgehead atoms. The lowest BCUT2D eigenvalue weighted by molar-refractivity contribution is -0.129. The van der Waals surface area contributed by atoms with Crippen molar-refractivity contribution in [2.45, 2.75) is 37.8 Å². The van der Waals surface area contributed by atoms with Crippen LogP contribution in [0.15, 0.2) is 0 Å². The number of nitriles is 1. The molecule has 1 rings (SSSR count). The normalized spacial score (nSPS) is 20.2. The Kier molecular flexibility index (Phi) is 4.46. The highest BCUT2D eigenvalue weighted by molar-refractivity contribution is 5.93. The summed E-state index contributed by atoms with van der Waals surface area (Å²) in [5.41, 5.74) is 5.10. The molecule has 7 heteroatoms. The number of nitrogens with two attached hydrogens (primary N) is 1. The summed E-state index contributed by atoms with van der Waals surface area (Å²) < 4.78 is 0. The number of carbonyl (C=O) groups excluding carboxylic acids is 3. The Morgan fingerprint density at radius 3 is 2.82 bits per heavy atom. The molecule has 7 nitrogen and oxygen atoms in total. The molecule has 92 valence electrons. The van der Waals surface area contributed by atoms with Gasteiger partial charge in [0.2, 0.25) is 17.7 Å². The van der Waals surface area contributed by atoms with Crippen LogP contribution in [-0.4, -0.2) is 29.8 Å². The SMILES string of the molecule is N#CCC[C@@H](NC(=O)[C@@H]1CCC(=O)N1)C(N)=O. The number of carbonyl (C=O) groups is 3. The second-order valence-corrected chi connectivity index (χ2v) is 3.82. The number of hydrogen-bond acceptors (Lipinski definition) is 4. The van der Waals surface area contributed by atoms with Gasteiger partial charge in [0.1, 0.15) is 12.1 Å². The van der Waals surface area contributed by atoms with Crippen LogP contribution in [0, 0.1) is 11.3 Å².